The van der Waals surface area contributed by atoms with Crippen molar-refractivity contribution in [1.29, 1.82) is 5.26 Å². The molecule has 3 heterocycles. The van der Waals surface area contributed by atoms with Gasteiger partial charge in [-0.2, -0.15) is 5.26 Å². The first-order valence-electron chi connectivity index (χ1n) is 13.6. The van der Waals surface area contributed by atoms with Gasteiger partial charge >= 0.3 is 0 Å². The number of aromatic nitrogens is 5. The van der Waals surface area contributed by atoms with Crippen molar-refractivity contribution < 1.29 is 6.48 Å². The molecule has 5 aromatic rings. The molecule has 1 fully saturated rings. The monoisotopic (exact) mass is 551 g/mol. The Bertz CT molecular complexity index is 1720. The van der Waals surface area contributed by atoms with Gasteiger partial charge in [-0.15, -0.1) is 5.10 Å². The van der Waals surface area contributed by atoms with Crippen LogP contribution < -0.4 is 10.6 Å². The van der Waals surface area contributed by atoms with Gasteiger partial charge in [0.05, 0.1) is 47.5 Å². The zero-order valence-corrected chi connectivity index (χ0v) is 22.3. The fourth-order valence-electron chi connectivity index (χ4n) is 4.73. The summed E-state index contributed by atoms with van der Waals surface area (Å²) in [4.78, 5) is 8.71. The number of anilines is 2. The smallest absolute Gasteiger partial charge is 0.110 e. The van der Waals surface area contributed by atoms with Crippen LogP contribution in [0.25, 0.3) is 10.9 Å². The van der Waals surface area contributed by atoms with Gasteiger partial charge in [-0.1, -0.05) is 53.2 Å². The number of nitriles is 1. The van der Waals surface area contributed by atoms with Crippen LogP contribution in [-0.4, -0.2) is 36.7 Å². The Kier molecular flexibility index (Phi) is 6.93. The van der Waals surface area contributed by atoms with Gasteiger partial charge in [-0.25, -0.2) is 4.68 Å². The second-order valence-electron chi connectivity index (χ2n) is 9.69. The maximum atomic E-state index is 9.98. The van der Waals surface area contributed by atoms with Gasteiger partial charge in [0.2, 0.25) is 0 Å². The Morgan fingerprint density at radius 1 is 1.12 bits per heavy atom. The highest BCUT2D eigenvalue weighted by atomic mass is 35.5. The first-order chi connectivity index (χ1) is 20.0. The van der Waals surface area contributed by atoms with Crippen molar-refractivity contribution in [2.45, 2.75) is 37.4 Å². The number of hydrogen-bond acceptors (Lipinski definition) is 8. The van der Waals surface area contributed by atoms with E-state index in [0.29, 0.717) is 56.6 Å². The molecule has 200 valence electrons. The van der Waals surface area contributed by atoms with Crippen LogP contribution >= 0.6 is 11.6 Å². The molecule has 2 unspecified atom stereocenters. The van der Waals surface area contributed by atoms with Crippen LogP contribution in [0.5, 0.6) is 0 Å². The van der Waals surface area contributed by atoms with E-state index in [4.69, 9.17) is 11.6 Å². The summed E-state index contributed by atoms with van der Waals surface area (Å²) < 4.78 is 11.4. The Balaban J connectivity index is 1.45. The van der Waals surface area contributed by atoms with E-state index in [1.165, 1.54) is 6.20 Å². The van der Waals surface area contributed by atoms with Gasteiger partial charge < -0.3 is 15.7 Å². The van der Waals surface area contributed by atoms with Gasteiger partial charge in [0.15, 0.2) is 0 Å². The van der Waals surface area contributed by atoms with Crippen LogP contribution in [0.4, 0.5) is 11.4 Å². The molecule has 0 amide bonds. The molecule has 0 bridgehead atoms. The number of rotatable bonds is 10. The van der Waals surface area contributed by atoms with Crippen molar-refractivity contribution in [3.05, 3.63) is 107 Å². The SMILES string of the molecule is [2H]C(Nc1cc(Cl)c2ncc(C#N)c(NC(CCO)c3ccccc3)c2c1)(c1cccnc1)c1cn(C2CC2)nn1. The zero-order chi connectivity index (χ0) is 28.4. The number of aliphatic hydroxyl groups excluding tert-OH is 1. The van der Waals surface area contributed by atoms with E-state index in [0.717, 1.165) is 18.4 Å². The lowest BCUT2D eigenvalue weighted by Crippen LogP contribution is -2.15. The van der Waals surface area contributed by atoms with Crippen molar-refractivity contribution in [2.75, 3.05) is 17.2 Å². The van der Waals surface area contributed by atoms with E-state index in [-0.39, 0.29) is 12.6 Å². The second-order valence-corrected chi connectivity index (χ2v) is 10.1. The molecule has 2 aromatic carbocycles. The second kappa shape index (κ2) is 11.3. The predicted octanol–water partition coefficient (Wildman–Crippen LogP) is 5.82. The molecule has 0 aliphatic heterocycles. The summed E-state index contributed by atoms with van der Waals surface area (Å²) in [6.07, 6.45) is 9.08. The average molecular weight is 552 g/mol. The Hall–Kier alpha value is -4.52. The van der Waals surface area contributed by atoms with E-state index in [1.807, 2.05) is 42.5 Å². The molecule has 3 aromatic heterocycles. The maximum absolute atomic E-state index is 9.98. The van der Waals surface area contributed by atoms with Crippen LogP contribution in [0.2, 0.25) is 5.02 Å². The van der Waals surface area contributed by atoms with Crippen molar-refractivity contribution >= 4 is 33.9 Å². The highest BCUT2D eigenvalue weighted by Crippen LogP contribution is 2.38. The number of benzene rings is 2. The molecular formula is C30H27ClN8O. The Labute approximate surface area is 237 Å². The van der Waals surface area contributed by atoms with Crippen molar-refractivity contribution in [3.8, 4) is 6.07 Å². The molecule has 2 atom stereocenters. The number of hydrogen-bond donors (Lipinski definition) is 3. The van der Waals surface area contributed by atoms with Crippen LogP contribution in [0.3, 0.4) is 0 Å². The number of pyridine rings is 2. The standard InChI is InChI=1S/C30H27ClN8O/c31-25-14-22(35-29(20-7-4-11-33-16-20)27-18-39(38-37-27)23-8-9-23)13-24-28(21(15-32)17-34-30(24)25)36-26(10-12-40)19-5-2-1-3-6-19/h1-7,11,13-14,16-18,23,26,29,35,40H,8-10,12H2,(H,34,36)/i29D. The number of fused-ring (bicyclic) bond motifs is 1. The Morgan fingerprint density at radius 2 is 1.95 bits per heavy atom. The first-order valence-corrected chi connectivity index (χ1v) is 13.4. The highest BCUT2D eigenvalue weighted by Gasteiger charge is 2.27. The summed E-state index contributed by atoms with van der Waals surface area (Å²) >= 11 is 6.76. The summed E-state index contributed by atoms with van der Waals surface area (Å²) in [6, 6.07) is 17.6. The lowest BCUT2D eigenvalue weighted by atomic mass is 10.0. The minimum Gasteiger partial charge on any atom is -0.396 e. The fourth-order valence-corrected chi connectivity index (χ4v) is 5.00. The molecular weight excluding hydrogens is 524 g/mol. The van der Waals surface area contributed by atoms with Gasteiger partial charge in [-0.05, 0) is 48.6 Å². The number of nitrogens with zero attached hydrogens (tertiary/aromatic N) is 6. The third kappa shape index (κ3) is 5.32. The van der Waals surface area contributed by atoms with Crippen LogP contribution in [0.1, 0.15) is 61.1 Å². The number of nitrogens with one attached hydrogen (secondary N) is 2. The summed E-state index contributed by atoms with van der Waals surface area (Å²) in [5.74, 6) is 0. The van der Waals surface area contributed by atoms with Crippen LogP contribution in [0, 0.1) is 11.3 Å². The van der Waals surface area contributed by atoms with Crippen LogP contribution in [0.15, 0.2) is 79.4 Å². The fraction of sp³-hybridized carbons (Fsp3) is 0.233. The zero-order valence-electron chi connectivity index (χ0n) is 22.5. The largest absolute Gasteiger partial charge is 0.396 e. The molecule has 6 rings (SSSR count). The lowest BCUT2D eigenvalue weighted by molar-refractivity contribution is 0.280. The molecule has 0 saturated heterocycles. The quantitative estimate of drug-likeness (QED) is 0.198. The molecule has 3 N–H and O–H groups in total. The molecule has 0 spiro atoms. The minimum atomic E-state index is -1.53. The normalized spacial score (nSPS) is 15.6. The third-order valence-electron chi connectivity index (χ3n) is 6.89. The Morgan fingerprint density at radius 3 is 2.67 bits per heavy atom. The van der Waals surface area contributed by atoms with Gasteiger partial charge in [0, 0.05) is 36.3 Å². The first kappa shape index (κ1) is 24.5. The van der Waals surface area contributed by atoms with Gasteiger partial charge in [0.25, 0.3) is 0 Å². The van der Waals surface area contributed by atoms with E-state index in [1.54, 1.807) is 35.4 Å². The van der Waals surface area contributed by atoms with Gasteiger partial charge in [-0.3, -0.25) is 9.97 Å². The molecule has 1 saturated carbocycles. The predicted molar refractivity (Wildman–Crippen MR) is 154 cm³/mol. The molecule has 0 radical (unpaired) electrons. The molecule has 10 heteroatoms. The van der Waals surface area contributed by atoms with E-state index in [2.05, 4.69) is 37.0 Å². The minimum absolute atomic E-state index is 0.0426. The maximum Gasteiger partial charge on any atom is 0.110 e. The average Bonchev–Trinajstić information content (AvgIpc) is 3.73. The summed E-state index contributed by atoms with van der Waals surface area (Å²) in [6.45, 7) is -0.0426. The van der Waals surface area contributed by atoms with E-state index >= 15 is 0 Å². The summed E-state index contributed by atoms with van der Waals surface area (Å²) in [5.41, 5.74) is 3.88. The summed E-state index contributed by atoms with van der Waals surface area (Å²) in [5, 5.41) is 36.2. The van der Waals surface area contributed by atoms with E-state index in [9.17, 15) is 11.7 Å². The highest BCUT2D eigenvalue weighted by molar-refractivity contribution is 6.35. The molecule has 1 aliphatic rings. The topological polar surface area (TPSA) is 125 Å². The van der Waals surface area contributed by atoms with Crippen molar-refractivity contribution in [1.82, 2.24) is 25.0 Å². The molecule has 9 nitrogen and oxygen atoms in total. The number of aliphatic hydroxyl groups is 1. The van der Waals surface area contributed by atoms with Gasteiger partial charge in [0.1, 0.15) is 11.8 Å². The number of halogens is 1. The van der Waals surface area contributed by atoms with Crippen molar-refractivity contribution in [3.63, 3.8) is 0 Å². The molecule has 1 aliphatic carbocycles. The lowest BCUT2D eigenvalue weighted by Gasteiger charge is -2.23. The molecule has 40 heavy (non-hydrogen) atoms. The van der Waals surface area contributed by atoms with Crippen LogP contribution in [-0.2, 0) is 0 Å². The van der Waals surface area contributed by atoms with Crippen molar-refractivity contribution in [2.24, 2.45) is 0 Å². The summed E-state index contributed by atoms with van der Waals surface area (Å²) in [7, 11) is 0. The third-order valence-corrected chi connectivity index (χ3v) is 7.18. The van der Waals surface area contributed by atoms with E-state index < -0.39 is 6.02 Å².